The number of nitrogens with one attached hydrogen (secondary N) is 1. The minimum absolute atomic E-state index is 0.139. The summed E-state index contributed by atoms with van der Waals surface area (Å²) >= 11 is 0.958. The fourth-order valence-corrected chi connectivity index (χ4v) is 3.94. The topological polar surface area (TPSA) is 49.4 Å². The Labute approximate surface area is 135 Å². The Kier molecular flexibility index (Phi) is 3.56. The van der Waals surface area contributed by atoms with Crippen LogP contribution in [0.3, 0.4) is 0 Å². The van der Waals surface area contributed by atoms with Crippen molar-refractivity contribution in [1.82, 2.24) is 5.32 Å². The number of nitrogens with zero attached hydrogens (tertiary/aromatic N) is 1. The molecule has 0 bridgehead atoms. The van der Waals surface area contributed by atoms with E-state index in [-0.39, 0.29) is 16.7 Å². The lowest BCUT2D eigenvalue weighted by molar-refractivity contribution is -0.115. The molecule has 5 heteroatoms. The number of hydrogen-bond acceptors (Lipinski definition) is 4. The van der Waals surface area contributed by atoms with Gasteiger partial charge in [0.05, 0.1) is 4.91 Å². The summed E-state index contributed by atoms with van der Waals surface area (Å²) in [6, 6.07) is 6.25. The fourth-order valence-electron chi connectivity index (χ4n) is 3.26. The molecule has 1 saturated heterocycles. The van der Waals surface area contributed by atoms with E-state index < -0.39 is 0 Å². The predicted molar refractivity (Wildman–Crippen MR) is 91.1 cm³/mol. The lowest BCUT2D eigenvalue weighted by atomic mass is 9.80. The van der Waals surface area contributed by atoms with Gasteiger partial charge in [-0.3, -0.25) is 14.9 Å². The summed E-state index contributed by atoms with van der Waals surface area (Å²) in [5, 5.41) is 1.98. The molecule has 0 spiro atoms. The summed E-state index contributed by atoms with van der Waals surface area (Å²) in [6.07, 6.45) is 2.88. The van der Waals surface area contributed by atoms with E-state index in [1.54, 1.807) is 6.08 Å². The fraction of sp³-hybridized carbons (Fsp3) is 0.412. The first-order valence-electron chi connectivity index (χ1n) is 7.40. The Balaban J connectivity index is 1.98. The molecule has 1 aromatic carbocycles. The van der Waals surface area contributed by atoms with Gasteiger partial charge in [-0.15, -0.1) is 0 Å². The van der Waals surface area contributed by atoms with Crippen LogP contribution in [0.25, 0.3) is 6.08 Å². The molecular formula is C17H20N2O2S. The molecule has 2 aliphatic rings. The van der Waals surface area contributed by atoms with Crippen molar-refractivity contribution < 1.29 is 9.59 Å². The lowest BCUT2D eigenvalue weighted by Gasteiger charge is -2.45. The highest BCUT2D eigenvalue weighted by atomic mass is 32.2. The molecule has 2 heterocycles. The van der Waals surface area contributed by atoms with Crippen molar-refractivity contribution in [2.75, 3.05) is 11.9 Å². The highest BCUT2D eigenvalue weighted by Crippen LogP contribution is 2.43. The smallest absolute Gasteiger partial charge is 0.290 e. The van der Waals surface area contributed by atoms with Gasteiger partial charge >= 0.3 is 0 Å². The van der Waals surface area contributed by atoms with Crippen LogP contribution in [0.5, 0.6) is 0 Å². The number of imide groups is 1. The molecule has 0 aliphatic carbocycles. The van der Waals surface area contributed by atoms with Crippen molar-refractivity contribution in [2.24, 2.45) is 0 Å². The standard InChI is InChI=1S/C17H20N2O2S/c1-10-9-17(2,3)19(4)13-6-5-11(7-12(10)13)8-14-15(20)18-16(21)22-14/h5-8,10H,9H2,1-4H3,(H,18,20,21)/b14-8+. The third kappa shape index (κ3) is 2.54. The number of carbonyl (C=O) groups is 2. The Hall–Kier alpha value is -1.75. The normalized spacial score (nSPS) is 25.4. The van der Waals surface area contributed by atoms with Crippen LogP contribution in [0.2, 0.25) is 0 Å². The van der Waals surface area contributed by atoms with Gasteiger partial charge in [0.2, 0.25) is 0 Å². The second-order valence-electron chi connectivity index (χ2n) is 6.65. The van der Waals surface area contributed by atoms with E-state index in [0.717, 1.165) is 23.7 Å². The Morgan fingerprint density at radius 3 is 2.73 bits per heavy atom. The van der Waals surface area contributed by atoms with Crippen molar-refractivity contribution in [1.29, 1.82) is 0 Å². The number of rotatable bonds is 1. The van der Waals surface area contributed by atoms with Crippen LogP contribution >= 0.6 is 11.8 Å². The quantitative estimate of drug-likeness (QED) is 0.802. The highest BCUT2D eigenvalue weighted by molar-refractivity contribution is 8.18. The van der Waals surface area contributed by atoms with E-state index in [0.29, 0.717) is 10.8 Å². The largest absolute Gasteiger partial charge is 0.369 e. The van der Waals surface area contributed by atoms with Crippen LogP contribution in [0.1, 0.15) is 44.2 Å². The van der Waals surface area contributed by atoms with E-state index in [1.165, 1.54) is 11.3 Å². The molecule has 2 amide bonds. The molecule has 1 atom stereocenters. The van der Waals surface area contributed by atoms with Gasteiger partial charge in [-0.25, -0.2) is 0 Å². The molecule has 1 aromatic rings. The van der Waals surface area contributed by atoms with Gasteiger partial charge in [0, 0.05) is 18.3 Å². The van der Waals surface area contributed by atoms with Gasteiger partial charge in [0.25, 0.3) is 11.1 Å². The lowest BCUT2D eigenvalue weighted by Crippen LogP contribution is -2.45. The van der Waals surface area contributed by atoms with E-state index in [4.69, 9.17) is 0 Å². The van der Waals surface area contributed by atoms with Crippen LogP contribution in [-0.2, 0) is 4.79 Å². The third-order valence-corrected chi connectivity index (χ3v) is 5.41. The van der Waals surface area contributed by atoms with E-state index in [1.807, 2.05) is 6.07 Å². The summed E-state index contributed by atoms with van der Waals surface area (Å²) in [6.45, 7) is 6.76. The molecule has 1 N–H and O–H groups in total. The van der Waals surface area contributed by atoms with Crippen molar-refractivity contribution in [3.8, 4) is 0 Å². The zero-order chi connectivity index (χ0) is 16.1. The maximum atomic E-state index is 11.7. The predicted octanol–water partition coefficient (Wildman–Crippen LogP) is 3.73. The zero-order valence-electron chi connectivity index (χ0n) is 13.3. The van der Waals surface area contributed by atoms with Crippen LogP contribution < -0.4 is 10.2 Å². The van der Waals surface area contributed by atoms with E-state index in [9.17, 15) is 9.59 Å². The number of thioether (sulfide) groups is 1. The van der Waals surface area contributed by atoms with Crippen LogP contribution in [0, 0.1) is 0 Å². The van der Waals surface area contributed by atoms with Crippen LogP contribution in [-0.4, -0.2) is 23.7 Å². The van der Waals surface area contributed by atoms with Gasteiger partial charge in [0.1, 0.15) is 0 Å². The second-order valence-corrected chi connectivity index (χ2v) is 7.66. The summed E-state index contributed by atoms with van der Waals surface area (Å²) < 4.78 is 0. The maximum Gasteiger partial charge on any atom is 0.290 e. The summed E-state index contributed by atoms with van der Waals surface area (Å²) in [4.78, 5) is 25.7. The van der Waals surface area contributed by atoms with Crippen molar-refractivity contribution in [3.05, 3.63) is 34.2 Å². The van der Waals surface area contributed by atoms with Crippen LogP contribution in [0.15, 0.2) is 23.1 Å². The third-order valence-electron chi connectivity index (χ3n) is 4.60. The summed E-state index contributed by atoms with van der Waals surface area (Å²) in [5.74, 6) is 0.158. The van der Waals surface area contributed by atoms with Gasteiger partial charge in [0.15, 0.2) is 0 Å². The maximum absolute atomic E-state index is 11.7. The molecule has 4 nitrogen and oxygen atoms in total. The molecule has 0 radical (unpaired) electrons. The number of fused-ring (bicyclic) bond motifs is 1. The summed E-state index contributed by atoms with van der Waals surface area (Å²) in [7, 11) is 2.13. The van der Waals surface area contributed by atoms with E-state index in [2.05, 4.69) is 50.2 Å². The van der Waals surface area contributed by atoms with Gasteiger partial charge in [-0.2, -0.15) is 0 Å². The minimum Gasteiger partial charge on any atom is -0.369 e. The van der Waals surface area contributed by atoms with Crippen molar-refractivity contribution >= 4 is 34.7 Å². The van der Waals surface area contributed by atoms with Crippen LogP contribution in [0.4, 0.5) is 10.5 Å². The highest BCUT2D eigenvalue weighted by Gasteiger charge is 2.34. The molecule has 1 fully saturated rings. The first kappa shape index (κ1) is 15.2. The molecule has 1 unspecified atom stereocenters. The number of amides is 2. The number of hydrogen-bond donors (Lipinski definition) is 1. The average molecular weight is 316 g/mol. The van der Waals surface area contributed by atoms with Gasteiger partial charge < -0.3 is 4.90 Å². The Bertz CT molecular complexity index is 694. The number of anilines is 1. The SMILES string of the molecule is CC1CC(C)(C)N(C)c2ccc(/C=C3/SC(=O)NC3=O)cc21. The number of carbonyl (C=O) groups excluding carboxylic acids is 2. The Morgan fingerprint density at radius 2 is 2.09 bits per heavy atom. The van der Waals surface area contributed by atoms with Crippen molar-refractivity contribution in [3.63, 3.8) is 0 Å². The molecule has 2 aliphatic heterocycles. The van der Waals surface area contributed by atoms with Crippen molar-refractivity contribution in [2.45, 2.75) is 38.6 Å². The van der Waals surface area contributed by atoms with Gasteiger partial charge in [-0.1, -0.05) is 13.0 Å². The Morgan fingerprint density at radius 1 is 1.36 bits per heavy atom. The zero-order valence-corrected chi connectivity index (χ0v) is 14.1. The molecule has 0 saturated carbocycles. The molecule has 3 rings (SSSR count). The summed E-state index contributed by atoms with van der Waals surface area (Å²) in [5.41, 5.74) is 3.64. The first-order valence-corrected chi connectivity index (χ1v) is 8.22. The average Bonchev–Trinajstić information content (AvgIpc) is 2.74. The second kappa shape index (κ2) is 5.16. The monoisotopic (exact) mass is 316 g/mol. The van der Waals surface area contributed by atoms with E-state index >= 15 is 0 Å². The molecular weight excluding hydrogens is 296 g/mol. The molecule has 22 heavy (non-hydrogen) atoms. The number of benzene rings is 1. The minimum atomic E-state index is -0.306. The van der Waals surface area contributed by atoms with Gasteiger partial charge in [-0.05, 0) is 67.3 Å². The molecule has 0 aromatic heterocycles. The first-order chi connectivity index (χ1) is 10.3. The molecule has 116 valence electrons.